The number of oxime groups is 1. The first kappa shape index (κ1) is 15.3. The van der Waals surface area contributed by atoms with E-state index in [0.717, 1.165) is 33.2 Å². The molecule has 2 rings (SSSR count). The molecule has 110 valence electrons. The molecular formula is C15H18N4OS. The lowest BCUT2D eigenvalue weighted by Crippen LogP contribution is -2.15. The second-order valence-electron chi connectivity index (χ2n) is 4.73. The SMILES string of the molecule is Cc1nc(SCc2ccccc2C(N)=NO)nc(C)c1C. The fourth-order valence-electron chi connectivity index (χ4n) is 1.90. The Morgan fingerprint density at radius 2 is 1.81 bits per heavy atom. The Morgan fingerprint density at radius 3 is 2.43 bits per heavy atom. The minimum Gasteiger partial charge on any atom is -0.409 e. The van der Waals surface area contributed by atoms with Gasteiger partial charge in [0.05, 0.1) is 0 Å². The largest absolute Gasteiger partial charge is 0.409 e. The van der Waals surface area contributed by atoms with Crippen LogP contribution in [0.4, 0.5) is 0 Å². The van der Waals surface area contributed by atoms with Crippen LogP contribution in [0.3, 0.4) is 0 Å². The Morgan fingerprint density at radius 1 is 1.19 bits per heavy atom. The van der Waals surface area contributed by atoms with Crippen molar-refractivity contribution in [3.63, 3.8) is 0 Å². The third kappa shape index (κ3) is 3.52. The van der Waals surface area contributed by atoms with E-state index < -0.39 is 0 Å². The van der Waals surface area contributed by atoms with Gasteiger partial charge in [-0.3, -0.25) is 0 Å². The van der Waals surface area contributed by atoms with Gasteiger partial charge >= 0.3 is 0 Å². The fourth-order valence-corrected chi connectivity index (χ4v) is 2.84. The number of nitrogens with two attached hydrogens (primary N) is 1. The molecule has 0 aliphatic heterocycles. The first-order chi connectivity index (χ1) is 10.0. The molecule has 0 saturated carbocycles. The molecule has 0 atom stereocenters. The van der Waals surface area contributed by atoms with Gasteiger partial charge in [-0.1, -0.05) is 41.2 Å². The molecule has 0 radical (unpaired) electrons. The molecule has 3 N–H and O–H groups in total. The predicted molar refractivity (Wildman–Crippen MR) is 84.8 cm³/mol. The number of hydrogen-bond acceptors (Lipinski definition) is 5. The molecule has 1 aromatic carbocycles. The number of aromatic nitrogens is 2. The van der Waals surface area contributed by atoms with Gasteiger partial charge in [-0.2, -0.15) is 0 Å². The normalized spacial score (nSPS) is 11.7. The maximum Gasteiger partial charge on any atom is 0.188 e. The fraction of sp³-hybridized carbons (Fsp3) is 0.267. The summed E-state index contributed by atoms with van der Waals surface area (Å²) in [5.74, 6) is 0.775. The van der Waals surface area contributed by atoms with E-state index in [4.69, 9.17) is 10.9 Å². The summed E-state index contributed by atoms with van der Waals surface area (Å²) >= 11 is 1.54. The third-order valence-corrected chi connectivity index (χ3v) is 4.27. The predicted octanol–water partition coefficient (Wildman–Crippen LogP) is 2.79. The molecule has 0 aliphatic carbocycles. The monoisotopic (exact) mass is 302 g/mol. The molecule has 0 unspecified atom stereocenters. The van der Waals surface area contributed by atoms with Crippen LogP contribution < -0.4 is 5.73 Å². The molecule has 0 saturated heterocycles. The van der Waals surface area contributed by atoms with Crippen molar-refractivity contribution in [2.24, 2.45) is 10.9 Å². The number of amidine groups is 1. The molecule has 0 amide bonds. The van der Waals surface area contributed by atoms with E-state index in [9.17, 15) is 0 Å². The summed E-state index contributed by atoms with van der Waals surface area (Å²) in [4.78, 5) is 8.97. The highest BCUT2D eigenvalue weighted by Crippen LogP contribution is 2.23. The van der Waals surface area contributed by atoms with Crippen LogP contribution in [-0.2, 0) is 5.75 Å². The van der Waals surface area contributed by atoms with Crippen molar-refractivity contribution in [3.05, 3.63) is 52.3 Å². The van der Waals surface area contributed by atoms with Crippen molar-refractivity contribution in [1.82, 2.24) is 9.97 Å². The van der Waals surface area contributed by atoms with Crippen LogP contribution >= 0.6 is 11.8 Å². The smallest absolute Gasteiger partial charge is 0.188 e. The number of rotatable bonds is 4. The second kappa shape index (κ2) is 6.58. The van der Waals surface area contributed by atoms with Crippen molar-refractivity contribution in [3.8, 4) is 0 Å². The molecule has 0 aliphatic rings. The molecule has 2 aromatic rings. The van der Waals surface area contributed by atoms with Gasteiger partial charge < -0.3 is 10.9 Å². The summed E-state index contributed by atoms with van der Waals surface area (Å²) in [5.41, 5.74) is 10.5. The summed E-state index contributed by atoms with van der Waals surface area (Å²) in [7, 11) is 0. The zero-order valence-electron chi connectivity index (χ0n) is 12.3. The minimum atomic E-state index is 0.114. The quantitative estimate of drug-likeness (QED) is 0.226. The second-order valence-corrected chi connectivity index (χ2v) is 5.68. The molecule has 6 heteroatoms. The van der Waals surface area contributed by atoms with E-state index in [1.165, 1.54) is 11.8 Å². The van der Waals surface area contributed by atoms with Crippen LogP contribution in [0.5, 0.6) is 0 Å². The lowest BCUT2D eigenvalue weighted by Gasteiger charge is -2.09. The Bertz CT molecular complexity index is 662. The number of aryl methyl sites for hydroxylation is 2. The number of nitrogens with zero attached hydrogens (tertiary/aromatic N) is 3. The highest BCUT2D eigenvalue weighted by atomic mass is 32.2. The van der Waals surface area contributed by atoms with Crippen molar-refractivity contribution in [2.45, 2.75) is 31.7 Å². The zero-order valence-corrected chi connectivity index (χ0v) is 13.1. The topological polar surface area (TPSA) is 84.4 Å². The Labute approximate surface area is 128 Å². The van der Waals surface area contributed by atoms with E-state index in [-0.39, 0.29) is 5.84 Å². The first-order valence-corrected chi connectivity index (χ1v) is 7.52. The molecule has 1 aromatic heterocycles. The van der Waals surface area contributed by atoms with Gasteiger partial charge in [-0.05, 0) is 31.9 Å². The Hall–Kier alpha value is -2.08. The first-order valence-electron chi connectivity index (χ1n) is 6.53. The van der Waals surface area contributed by atoms with Crippen LogP contribution in [0.2, 0.25) is 0 Å². The standard InChI is InChI=1S/C15H18N4OS/c1-9-10(2)17-15(18-11(9)3)21-8-12-6-4-5-7-13(12)14(16)19-20/h4-7,20H,8H2,1-3H3,(H2,16,19). The minimum absolute atomic E-state index is 0.114. The van der Waals surface area contributed by atoms with Gasteiger partial charge in [0.25, 0.3) is 0 Å². The summed E-state index contributed by atoms with van der Waals surface area (Å²) in [6.45, 7) is 5.99. The lowest BCUT2D eigenvalue weighted by atomic mass is 10.1. The maximum absolute atomic E-state index is 8.83. The highest BCUT2D eigenvalue weighted by molar-refractivity contribution is 7.98. The van der Waals surface area contributed by atoms with Crippen molar-refractivity contribution in [1.29, 1.82) is 0 Å². The third-order valence-electron chi connectivity index (χ3n) is 3.37. The van der Waals surface area contributed by atoms with Crippen LogP contribution in [0.1, 0.15) is 28.1 Å². The number of thioether (sulfide) groups is 1. The van der Waals surface area contributed by atoms with Gasteiger partial charge in [0.2, 0.25) is 0 Å². The summed E-state index contributed by atoms with van der Waals surface area (Å²) in [6.07, 6.45) is 0. The number of benzene rings is 1. The van der Waals surface area contributed by atoms with Crippen molar-refractivity contribution >= 4 is 17.6 Å². The van der Waals surface area contributed by atoms with Crippen LogP contribution in [0, 0.1) is 20.8 Å². The molecule has 0 spiro atoms. The summed E-state index contributed by atoms with van der Waals surface area (Å²) < 4.78 is 0. The molecule has 1 heterocycles. The average molecular weight is 302 g/mol. The Balaban J connectivity index is 2.21. The van der Waals surface area contributed by atoms with Gasteiger partial charge in [-0.15, -0.1) is 0 Å². The van der Waals surface area contributed by atoms with Gasteiger partial charge in [0.1, 0.15) is 0 Å². The van der Waals surface area contributed by atoms with E-state index in [2.05, 4.69) is 15.1 Å². The van der Waals surface area contributed by atoms with E-state index in [1.54, 1.807) is 0 Å². The average Bonchev–Trinajstić information content (AvgIpc) is 2.50. The Kier molecular flexibility index (Phi) is 4.80. The van der Waals surface area contributed by atoms with Crippen molar-refractivity contribution in [2.75, 3.05) is 0 Å². The zero-order chi connectivity index (χ0) is 15.4. The van der Waals surface area contributed by atoms with Gasteiger partial charge in [0, 0.05) is 22.7 Å². The molecule has 21 heavy (non-hydrogen) atoms. The van der Waals surface area contributed by atoms with E-state index >= 15 is 0 Å². The van der Waals surface area contributed by atoms with Gasteiger partial charge in [0.15, 0.2) is 11.0 Å². The van der Waals surface area contributed by atoms with Crippen LogP contribution in [-0.4, -0.2) is 21.0 Å². The van der Waals surface area contributed by atoms with Crippen LogP contribution in [0.15, 0.2) is 34.6 Å². The van der Waals surface area contributed by atoms with Gasteiger partial charge in [-0.25, -0.2) is 9.97 Å². The summed E-state index contributed by atoms with van der Waals surface area (Å²) in [5, 5.41) is 12.6. The lowest BCUT2D eigenvalue weighted by molar-refractivity contribution is 0.318. The molecule has 5 nitrogen and oxygen atoms in total. The summed E-state index contributed by atoms with van der Waals surface area (Å²) in [6, 6.07) is 7.57. The molecule has 0 bridgehead atoms. The van der Waals surface area contributed by atoms with Crippen LogP contribution in [0.25, 0.3) is 0 Å². The molecular weight excluding hydrogens is 284 g/mol. The highest BCUT2D eigenvalue weighted by Gasteiger charge is 2.09. The van der Waals surface area contributed by atoms with Crippen molar-refractivity contribution < 1.29 is 5.21 Å². The van der Waals surface area contributed by atoms with E-state index in [0.29, 0.717) is 5.75 Å². The number of hydrogen-bond donors (Lipinski definition) is 2. The maximum atomic E-state index is 8.83. The van der Waals surface area contributed by atoms with E-state index in [1.807, 2.05) is 45.0 Å². The molecule has 0 fully saturated rings.